The van der Waals surface area contributed by atoms with Crippen LogP contribution < -0.4 is 10.5 Å². The van der Waals surface area contributed by atoms with Gasteiger partial charge in [0, 0.05) is 19.2 Å². The molecule has 1 amide bonds. The lowest BCUT2D eigenvalue weighted by Gasteiger charge is -2.20. The van der Waals surface area contributed by atoms with Crippen molar-refractivity contribution in [3.63, 3.8) is 0 Å². The zero-order chi connectivity index (χ0) is 18.4. The van der Waals surface area contributed by atoms with Gasteiger partial charge in [-0.3, -0.25) is 4.79 Å². The van der Waals surface area contributed by atoms with E-state index in [-0.39, 0.29) is 16.8 Å². The van der Waals surface area contributed by atoms with Crippen LogP contribution in [0, 0.1) is 0 Å². The van der Waals surface area contributed by atoms with Gasteiger partial charge in [0.15, 0.2) is 6.04 Å². The number of hydrogen-bond acceptors (Lipinski definition) is 3. The number of rotatable bonds is 7. The molecule has 2 aromatic carbocycles. The highest BCUT2D eigenvalue weighted by Gasteiger charge is 2.20. The van der Waals surface area contributed by atoms with Crippen LogP contribution >= 0.6 is 0 Å². The lowest BCUT2D eigenvalue weighted by atomic mass is 10.2. The van der Waals surface area contributed by atoms with Gasteiger partial charge in [-0.15, -0.1) is 0 Å². The van der Waals surface area contributed by atoms with Crippen LogP contribution in [0.4, 0.5) is 0 Å². The summed E-state index contributed by atoms with van der Waals surface area (Å²) in [5.74, 6) is 0.0463. The van der Waals surface area contributed by atoms with Gasteiger partial charge in [0.05, 0.1) is 4.90 Å². The first-order valence-electron chi connectivity index (χ1n) is 8.01. The topological polar surface area (TPSA) is 97.1 Å². The zero-order valence-corrected chi connectivity index (χ0v) is 15.2. The highest BCUT2D eigenvalue weighted by atomic mass is 32.2. The molecule has 2 rings (SSSR count). The van der Waals surface area contributed by atoms with Crippen LogP contribution in [0.15, 0.2) is 59.5 Å². The summed E-state index contributed by atoms with van der Waals surface area (Å²) in [5.41, 5.74) is 2.02. The van der Waals surface area contributed by atoms with Crippen LogP contribution in [0.5, 0.6) is 0 Å². The highest BCUT2D eigenvalue weighted by Crippen LogP contribution is 2.08. The molecule has 134 valence electrons. The van der Waals surface area contributed by atoms with Gasteiger partial charge in [0.1, 0.15) is 6.54 Å². The molecule has 0 spiro atoms. The number of nitrogens with two attached hydrogens (primary N) is 2. The molecule has 0 saturated heterocycles. The molecule has 0 aliphatic heterocycles. The fourth-order valence-electron chi connectivity index (χ4n) is 2.51. The summed E-state index contributed by atoms with van der Waals surface area (Å²) in [7, 11) is -1.88. The molecule has 0 saturated carbocycles. The largest absolute Gasteiger partial charge is 0.336 e. The summed E-state index contributed by atoms with van der Waals surface area (Å²) in [4.78, 5) is 14.2. The molecule has 0 bridgehead atoms. The Hall–Kier alpha value is -2.22. The minimum atomic E-state index is -3.68. The molecular weight excluding hydrogens is 338 g/mol. The van der Waals surface area contributed by atoms with Crippen LogP contribution in [-0.2, 0) is 27.9 Å². The molecule has 0 aromatic heterocycles. The molecule has 0 fully saturated rings. The first-order chi connectivity index (χ1) is 11.8. The molecule has 1 atom stereocenters. The maximum Gasteiger partial charge on any atom is 0.280 e. The third-order valence-corrected chi connectivity index (χ3v) is 4.92. The van der Waals surface area contributed by atoms with Crippen LogP contribution in [-0.4, -0.2) is 32.3 Å². The molecule has 4 N–H and O–H groups in total. The normalized spacial score (nSPS) is 12.6. The van der Waals surface area contributed by atoms with E-state index in [0.717, 1.165) is 11.1 Å². The summed E-state index contributed by atoms with van der Waals surface area (Å²) >= 11 is 0. The Morgan fingerprint density at radius 1 is 1.08 bits per heavy atom. The third-order valence-electron chi connectivity index (χ3n) is 3.99. The predicted molar refractivity (Wildman–Crippen MR) is 95.8 cm³/mol. The van der Waals surface area contributed by atoms with E-state index in [1.165, 1.54) is 12.1 Å². The molecule has 7 heteroatoms. The van der Waals surface area contributed by atoms with Gasteiger partial charge in [-0.2, -0.15) is 0 Å². The fraction of sp³-hybridized carbons (Fsp3) is 0.278. The first kappa shape index (κ1) is 19.1. The number of likely N-dealkylation sites (N-methyl/N-ethyl adjacent to an activating group) is 1. The number of carbonyl (C=O) groups is 1. The van der Waals surface area contributed by atoms with Crippen molar-refractivity contribution < 1.29 is 18.5 Å². The summed E-state index contributed by atoms with van der Waals surface area (Å²) in [5, 5.41) is 7.01. The van der Waals surface area contributed by atoms with Crippen LogP contribution in [0.1, 0.15) is 18.1 Å². The zero-order valence-electron chi connectivity index (χ0n) is 14.4. The van der Waals surface area contributed by atoms with E-state index >= 15 is 0 Å². The average Bonchev–Trinajstić information content (AvgIpc) is 2.59. The van der Waals surface area contributed by atoms with Crippen molar-refractivity contribution >= 4 is 15.9 Å². The van der Waals surface area contributed by atoms with Crippen molar-refractivity contribution in [2.45, 2.75) is 31.0 Å². The number of hydrogen-bond donors (Lipinski definition) is 2. The van der Waals surface area contributed by atoms with Crippen LogP contribution in [0.25, 0.3) is 0 Å². The smallest absolute Gasteiger partial charge is 0.280 e. The van der Waals surface area contributed by atoms with E-state index in [2.05, 4.69) is 0 Å². The Bertz CT molecular complexity index is 805. The van der Waals surface area contributed by atoms with E-state index in [0.29, 0.717) is 13.1 Å². The molecule has 0 heterocycles. The second-order valence-corrected chi connectivity index (χ2v) is 7.66. The van der Waals surface area contributed by atoms with Gasteiger partial charge < -0.3 is 10.2 Å². The Morgan fingerprint density at radius 2 is 1.68 bits per heavy atom. The second-order valence-electron chi connectivity index (χ2n) is 6.10. The van der Waals surface area contributed by atoms with Gasteiger partial charge in [-0.25, -0.2) is 13.6 Å². The number of primary sulfonamides is 1. The van der Waals surface area contributed by atoms with Crippen molar-refractivity contribution in [3.05, 3.63) is 65.7 Å². The lowest BCUT2D eigenvalue weighted by Crippen LogP contribution is -2.90. The van der Waals surface area contributed by atoms with Gasteiger partial charge in [-0.05, 0) is 24.6 Å². The summed E-state index contributed by atoms with van der Waals surface area (Å²) in [6, 6.07) is 16.0. The molecule has 0 aliphatic rings. The fourth-order valence-corrected chi connectivity index (χ4v) is 3.03. The number of benzene rings is 2. The number of amides is 1. The molecule has 0 unspecified atom stereocenters. The number of sulfonamides is 1. The minimum absolute atomic E-state index is 0.0463. The highest BCUT2D eigenvalue weighted by molar-refractivity contribution is 7.89. The van der Waals surface area contributed by atoms with Crippen molar-refractivity contribution in [2.75, 3.05) is 7.05 Å². The molecule has 25 heavy (non-hydrogen) atoms. The van der Waals surface area contributed by atoms with Crippen molar-refractivity contribution in [1.29, 1.82) is 0 Å². The van der Waals surface area contributed by atoms with Crippen LogP contribution in [0.3, 0.4) is 0 Å². The summed E-state index contributed by atoms with van der Waals surface area (Å²) in [6.45, 7) is 3.01. The predicted octanol–water partition coefficient (Wildman–Crippen LogP) is 0.445. The van der Waals surface area contributed by atoms with Gasteiger partial charge in [-0.1, -0.05) is 42.5 Å². The Labute approximate surface area is 148 Å². The Balaban J connectivity index is 1.88. The third kappa shape index (κ3) is 5.67. The Morgan fingerprint density at radius 3 is 2.24 bits per heavy atom. The molecule has 6 nitrogen and oxygen atoms in total. The van der Waals surface area contributed by atoms with Gasteiger partial charge in [0.2, 0.25) is 10.0 Å². The van der Waals surface area contributed by atoms with Crippen LogP contribution in [0.2, 0.25) is 0 Å². The molecular formula is C18H24N3O3S+. The van der Waals surface area contributed by atoms with E-state index in [1.807, 2.05) is 42.6 Å². The van der Waals surface area contributed by atoms with Gasteiger partial charge >= 0.3 is 0 Å². The number of quaternary nitrogens is 1. The second kappa shape index (κ2) is 8.24. The lowest BCUT2D eigenvalue weighted by molar-refractivity contribution is -0.689. The number of nitrogens with zero attached hydrogens (tertiary/aromatic N) is 1. The quantitative estimate of drug-likeness (QED) is 0.748. The SMILES string of the molecule is C[C@@H]([NH2+]Cc1ccc(S(N)(=O)=O)cc1)C(=O)N(C)Cc1ccccc1. The van der Waals surface area contributed by atoms with E-state index in [4.69, 9.17) is 5.14 Å². The molecule has 2 aromatic rings. The maximum absolute atomic E-state index is 12.5. The van der Waals surface area contributed by atoms with Crippen molar-refractivity contribution in [1.82, 2.24) is 4.90 Å². The van der Waals surface area contributed by atoms with E-state index < -0.39 is 10.0 Å². The standard InChI is InChI=1S/C18H23N3O3S/c1-14(18(22)21(2)13-16-6-4-3-5-7-16)20-12-15-8-10-17(11-9-15)25(19,23)24/h3-11,14,20H,12-13H2,1-2H3,(H2,19,23,24)/p+1/t14-/m1/s1. The Kier molecular flexibility index (Phi) is 6.30. The molecule has 0 radical (unpaired) electrons. The first-order valence-corrected chi connectivity index (χ1v) is 9.56. The summed E-state index contributed by atoms with van der Waals surface area (Å²) < 4.78 is 22.5. The van der Waals surface area contributed by atoms with Crippen molar-refractivity contribution in [3.8, 4) is 0 Å². The summed E-state index contributed by atoms with van der Waals surface area (Å²) in [6.07, 6.45) is 0. The average molecular weight is 362 g/mol. The van der Waals surface area contributed by atoms with Gasteiger partial charge in [0.25, 0.3) is 5.91 Å². The number of carbonyl (C=O) groups excluding carboxylic acids is 1. The monoisotopic (exact) mass is 362 g/mol. The maximum atomic E-state index is 12.5. The molecule has 0 aliphatic carbocycles. The van der Waals surface area contributed by atoms with Crippen molar-refractivity contribution in [2.24, 2.45) is 5.14 Å². The van der Waals surface area contributed by atoms with E-state index in [1.54, 1.807) is 24.1 Å². The van der Waals surface area contributed by atoms with E-state index in [9.17, 15) is 13.2 Å². The minimum Gasteiger partial charge on any atom is -0.336 e.